The van der Waals surface area contributed by atoms with E-state index in [0.29, 0.717) is 13.1 Å². The first-order chi connectivity index (χ1) is 7.98. The zero-order chi connectivity index (χ0) is 12.5. The van der Waals surface area contributed by atoms with E-state index in [1.807, 2.05) is 0 Å². The molecule has 1 aliphatic heterocycles. The fourth-order valence-corrected chi connectivity index (χ4v) is 2.35. The van der Waals surface area contributed by atoms with E-state index in [4.69, 9.17) is 0 Å². The minimum atomic E-state index is -4.99. The Hall–Kier alpha value is -1.04. The van der Waals surface area contributed by atoms with Crippen LogP contribution in [0.3, 0.4) is 0 Å². The lowest BCUT2D eigenvalue weighted by molar-refractivity contribution is 0.251. The van der Waals surface area contributed by atoms with E-state index in [0.717, 1.165) is 25.0 Å². The Kier molecular flexibility index (Phi) is 3.42. The van der Waals surface area contributed by atoms with E-state index in [-0.39, 0.29) is 5.56 Å². The van der Waals surface area contributed by atoms with Crippen molar-refractivity contribution < 1.29 is 17.3 Å². The monoisotopic (exact) mass is 246 g/mol. The lowest BCUT2D eigenvalue weighted by atomic mass is 9.74. The summed E-state index contributed by atoms with van der Waals surface area (Å²) in [7, 11) is 0. The van der Waals surface area contributed by atoms with Crippen molar-refractivity contribution >= 4 is 6.98 Å². The molecule has 1 nitrogen and oxygen atoms in total. The molecule has 1 aromatic rings. The SMILES string of the molecule is Fc1ccc([C@@H](N2CCCC2)[B-](F)(F)F)cc1. The van der Waals surface area contributed by atoms with Crippen LogP contribution in [0.4, 0.5) is 17.3 Å². The maximum Gasteiger partial charge on any atom is 0.499 e. The van der Waals surface area contributed by atoms with Gasteiger partial charge in [0.15, 0.2) is 0 Å². The topological polar surface area (TPSA) is 3.24 Å². The summed E-state index contributed by atoms with van der Waals surface area (Å²) in [6.07, 6.45) is 1.59. The first-order valence-corrected chi connectivity index (χ1v) is 5.68. The molecule has 0 N–H and O–H groups in total. The molecule has 0 amide bonds. The molecule has 0 spiro atoms. The van der Waals surface area contributed by atoms with E-state index in [1.165, 1.54) is 17.0 Å². The zero-order valence-electron chi connectivity index (χ0n) is 9.25. The van der Waals surface area contributed by atoms with Crippen molar-refractivity contribution in [2.75, 3.05) is 13.1 Å². The zero-order valence-corrected chi connectivity index (χ0v) is 9.25. The molecule has 1 aromatic carbocycles. The number of halogens is 4. The first-order valence-electron chi connectivity index (χ1n) is 5.68. The van der Waals surface area contributed by atoms with Gasteiger partial charge >= 0.3 is 6.98 Å². The number of hydrogen-bond acceptors (Lipinski definition) is 1. The molecule has 0 saturated carbocycles. The third-order valence-electron chi connectivity index (χ3n) is 3.10. The Bertz CT molecular complexity index is 370. The maximum atomic E-state index is 13.1. The van der Waals surface area contributed by atoms with E-state index in [1.54, 1.807) is 0 Å². The summed E-state index contributed by atoms with van der Waals surface area (Å²) in [5, 5.41) is 0. The first kappa shape index (κ1) is 12.4. The van der Waals surface area contributed by atoms with E-state index in [9.17, 15) is 17.3 Å². The Morgan fingerprint density at radius 3 is 2.00 bits per heavy atom. The Balaban J connectivity index is 2.29. The van der Waals surface area contributed by atoms with Crippen LogP contribution in [0.2, 0.25) is 0 Å². The highest BCUT2D eigenvalue weighted by molar-refractivity contribution is 6.60. The van der Waals surface area contributed by atoms with Gasteiger partial charge in [0.1, 0.15) is 5.82 Å². The van der Waals surface area contributed by atoms with Gasteiger partial charge in [0.2, 0.25) is 0 Å². The summed E-state index contributed by atoms with van der Waals surface area (Å²) in [5.41, 5.74) is 0.140. The summed E-state index contributed by atoms with van der Waals surface area (Å²) in [5.74, 6) is -2.05. The van der Waals surface area contributed by atoms with Gasteiger partial charge in [-0.2, -0.15) is 0 Å². The smallest absolute Gasteiger partial charge is 0.448 e. The molecule has 6 heteroatoms. The Morgan fingerprint density at radius 2 is 1.53 bits per heavy atom. The van der Waals surface area contributed by atoms with Crippen LogP contribution in [0.15, 0.2) is 24.3 Å². The second-order valence-electron chi connectivity index (χ2n) is 4.36. The van der Waals surface area contributed by atoms with E-state index in [2.05, 4.69) is 0 Å². The van der Waals surface area contributed by atoms with Gasteiger partial charge in [-0.3, -0.25) is 0 Å². The molecule has 0 radical (unpaired) electrons. The van der Waals surface area contributed by atoms with Gasteiger partial charge in [0.05, 0.1) is 0 Å². The largest absolute Gasteiger partial charge is 0.499 e. The molecule has 1 heterocycles. The number of rotatable bonds is 3. The Morgan fingerprint density at radius 1 is 1.00 bits per heavy atom. The summed E-state index contributed by atoms with van der Waals surface area (Å²) in [6.45, 7) is -4.06. The summed E-state index contributed by atoms with van der Waals surface area (Å²) in [4.78, 5) is 1.44. The minimum Gasteiger partial charge on any atom is -0.448 e. The van der Waals surface area contributed by atoms with Crippen LogP contribution < -0.4 is 0 Å². The molecule has 0 aliphatic carbocycles. The van der Waals surface area contributed by atoms with E-state index >= 15 is 0 Å². The van der Waals surface area contributed by atoms with Crippen LogP contribution >= 0.6 is 0 Å². The average molecular weight is 246 g/mol. The van der Waals surface area contributed by atoms with Crippen LogP contribution in [0.5, 0.6) is 0 Å². The number of benzene rings is 1. The fraction of sp³-hybridized carbons (Fsp3) is 0.455. The summed E-state index contributed by atoms with van der Waals surface area (Å²) < 4.78 is 52.0. The maximum absolute atomic E-state index is 13.1. The molecular formula is C11H13BF4N-. The highest BCUT2D eigenvalue weighted by Crippen LogP contribution is 2.35. The fourth-order valence-electron chi connectivity index (χ4n) is 2.35. The van der Waals surface area contributed by atoms with Crippen molar-refractivity contribution in [2.45, 2.75) is 18.8 Å². The van der Waals surface area contributed by atoms with Gasteiger partial charge in [-0.1, -0.05) is 17.7 Å². The average Bonchev–Trinajstić information content (AvgIpc) is 2.72. The van der Waals surface area contributed by atoms with Crippen molar-refractivity contribution in [3.05, 3.63) is 35.6 Å². The molecule has 1 aliphatic rings. The van der Waals surface area contributed by atoms with Crippen molar-refractivity contribution in [3.63, 3.8) is 0 Å². The lowest BCUT2D eigenvalue weighted by Gasteiger charge is -2.35. The van der Waals surface area contributed by atoms with Crippen molar-refractivity contribution in [3.8, 4) is 0 Å². The van der Waals surface area contributed by atoms with Crippen LogP contribution in [0.1, 0.15) is 24.3 Å². The predicted octanol–water partition coefficient (Wildman–Crippen LogP) is 3.35. The second kappa shape index (κ2) is 4.68. The van der Waals surface area contributed by atoms with Crippen molar-refractivity contribution in [1.82, 2.24) is 4.90 Å². The van der Waals surface area contributed by atoms with Gasteiger partial charge < -0.3 is 17.8 Å². The molecular weight excluding hydrogens is 233 g/mol. The molecule has 94 valence electrons. The number of hydrogen-bond donors (Lipinski definition) is 0. The van der Waals surface area contributed by atoms with Crippen molar-refractivity contribution in [1.29, 1.82) is 0 Å². The van der Waals surface area contributed by atoms with Gasteiger partial charge in [-0.05, 0) is 38.1 Å². The van der Waals surface area contributed by atoms with Gasteiger partial charge in [0, 0.05) is 5.94 Å². The van der Waals surface area contributed by atoms with Gasteiger partial charge in [-0.15, -0.1) is 0 Å². The third-order valence-corrected chi connectivity index (χ3v) is 3.10. The van der Waals surface area contributed by atoms with Crippen LogP contribution in [-0.4, -0.2) is 25.0 Å². The molecule has 1 atom stereocenters. The van der Waals surface area contributed by atoms with Crippen LogP contribution in [-0.2, 0) is 0 Å². The molecule has 0 aromatic heterocycles. The molecule has 0 unspecified atom stereocenters. The third kappa shape index (κ3) is 2.80. The highest BCUT2D eigenvalue weighted by atomic mass is 19.4. The standard InChI is InChI=1S/C11H13BF4N/c13-10-5-3-9(4-6-10)11(12(14,15)16)17-7-1-2-8-17/h3-6,11H,1-2,7-8H2/q-1/t11-/m1/s1. The van der Waals surface area contributed by atoms with Crippen molar-refractivity contribution in [2.24, 2.45) is 0 Å². The number of nitrogens with zero attached hydrogens (tertiary/aromatic N) is 1. The lowest BCUT2D eigenvalue weighted by Crippen LogP contribution is -2.40. The molecule has 1 saturated heterocycles. The van der Waals surface area contributed by atoms with Crippen LogP contribution in [0.25, 0.3) is 0 Å². The normalized spacial score (nSPS) is 19.5. The minimum absolute atomic E-state index is 0.140. The van der Waals surface area contributed by atoms with Gasteiger partial charge in [-0.25, -0.2) is 4.39 Å². The highest BCUT2D eigenvalue weighted by Gasteiger charge is 2.40. The van der Waals surface area contributed by atoms with Gasteiger partial charge in [0.25, 0.3) is 0 Å². The van der Waals surface area contributed by atoms with E-state index < -0.39 is 18.7 Å². The molecule has 0 bridgehead atoms. The molecule has 2 rings (SSSR count). The summed E-state index contributed by atoms with van der Waals surface area (Å²) in [6, 6.07) is 4.63. The quantitative estimate of drug-likeness (QED) is 0.583. The second-order valence-corrected chi connectivity index (χ2v) is 4.36. The number of likely N-dealkylation sites (tertiary alicyclic amines) is 1. The summed E-state index contributed by atoms with van der Waals surface area (Å²) >= 11 is 0. The van der Waals surface area contributed by atoms with Crippen LogP contribution in [0, 0.1) is 5.82 Å². The molecule has 1 fully saturated rings. The molecule has 17 heavy (non-hydrogen) atoms. The Labute approximate surface area is 97.5 Å². The predicted molar refractivity (Wildman–Crippen MR) is 59.0 cm³/mol.